The molecule has 1 unspecified atom stereocenters. The second kappa shape index (κ2) is 5.83. The lowest BCUT2D eigenvalue weighted by molar-refractivity contribution is 0.472. The summed E-state index contributed by atoms with van der Waals surface area (Å²) >= 11 is 0. The van der Waals surface area contributed by atoms with Crippen molar-refractivity contribution < 1.29 is 0 Å². The molecule has 2 rings (SSSR count). The van der Waals surface area contributed by atoms with Gasteiger partial charge in [0.1, 0.15) is 5.82 Å². The molecule has 1 saturated carbocycles. The number of aryl methyl sites for hydroxylation is 1. The third-order valence-corrected chi connectivity index (χ3v) is 3.94. The molecular weight excluding hydrogens is 224 g/mol. The molecule has 0 aliphatic heterocycles. The van der Waals surface area contributed by atoms with Gasteiger partial charge in [-0.25, -0.2) is 4.98 Å². The van der Waals surface area contributed by atoms with Gasteiger partial charge < -0.3 is 5.73 Å². The lowest BCUT2D eigenvalue weighted by atomic mass is 9.96. The fourth-order valence-corrected chi connectivity index (χ4v) is 3.01. The van der Waals surface area contributed by atoms with Crippen LogP contribution in [0.2, 0.25) is 0 Å². The summed E-state index contributed by atoms with van der Waals surface area (Å²) in [5.74, 6) is 3.70. The van der Waals surface area contributed by atoms with E-state index in [0.717, 1.165) is 18.1 Å². The lowest BCUT2D eigenvalue weighted by Gasteiger charge is -2.15. The number of nitrogens with zero attached hydrogens (tertiary/aromatic N) is 3. The van der Waals surface area contributed by atoms with Gasteiger partial charge in [0.25, 0.3) is 0 Å². The molecule has 0 bridgehead atoms. The Labute approximate surface area is 110 Å². The maximum atomic E-state index is 5.90. The SMILES string of the molecule is CC(C)CC(CN)c1nc(C2CCCC2)nn1C. The van der Waals surface area contributed by atoms with Crippen LogP contribution in [0.5, 0.6) is 0 Å². The Balaban J connectivity index is 2.16. The molecule has 0 radical (unpaired) electrons. The Morgan fingerprint density at radius 2 is 2.00 bits per heavy atom. The fraction of sp³-hybridized carbons (Fsp3) is 0.857. The minimum absolute atomic E-state index is 0.345. The van der Waals surface area contributed by atoms with Crippen molar-refractivity contribution in [1.29, 1.82) is 0 Å². The van der Waals surface area contributed by atoms with E-state index in [9.17, 15) is 0 Å². The minimum Gasteiger partial charge on any atom is -0.330 e. The van der Waals surface area contributed by atoms with Crippen molar-refractivity contribution in [3.05, 3.63) is 11.6 Å². The Bertz CT molecular complexity index is 377. The summed E-state index contributed by atoms with van der Waals surface area (Å²) in [5.41, 5.74) is 5.90. The molecule has 0 aromatic carbocycles. The normalized spacial score (nSPS) is 18.7. The molecule has 1 aliphatic carbocycles. The molecule has 1 aliphatic rings. The molecule has 1 heterocycles. The average molecular weight is 250 g/mol. The van der Waals surface area contributed by atoms with Crippen molar-refractivity contribution in [2.24, 2.45) is 18.7 Å². The number of rotatable bonds is 5. The van der Waals surface area contributed by atoms with Crippen molar-refractivity contribution in [3.8, 4) is 0 Å². The summed E-state index contributed by atoms with van der Waals surface area (Å²) in [6.07, 6.45) is 6.24. The van der Waals surface area contributed by atoms with Gasteiger partial charge in [-0.1, -0.05) is 26.7 Å². The van der Waals surface area contributed by atoms with Crippen molar-refractivity contribution >= 4 is 0 Å². The number of aromatic nitrogens is 3. The molecule has 1 aromatic rings. The second-order valence-corrected chi connectivity index (χ2v) is 6.00. The van der Waals surface area contributed by atoms with Crippen molar-refractivity contribution in [3.63, 3.8) is 0 Å². The predicted octanol–water partition coefficient (Wildman–Crippen LogP) is 2.56. The van der Waals surface area contributed by atoms with E-state index in [4.69, 9.17) is 10.7 Å². The van der Waals surface area contributed by atoms with Crippen LogP contribution < -0.4 is 5.73 Å². The molecule has 1 aromatic heterocycles. The number of nitrogens with two attached hydrogens (primary N) is 1. The molecule has 4 heteroatoms. The van der Waals surface area contributed by atoms with Crippen LogP contribution in [0.4, 0.5) is 0 Å². The van der Waals surface area contributed by atoms with E-state index in [2.05, 4.69) is 18.9 Å². The lowest BCUT2D eigenvalue weighted by Crippen LogP contribution is -2.18. The van der Waals surface area contributed by atoms with E-state index in [1.165, 1.54) is 25.7 Å². The van der Waals surface area contributed by atoms with Gasteiger partial charge in [-0.15, -0.1) is 0 Å². The molecule has 18 heavy (non-hydrogen) atoms. The van der Waals surface area contributed by atoms with Crippen LogP contribution in [0.3, 0.4) is 0 Å². The molecule has 2 N–H and O–H groups in total. The molecule has 0 amide bonds. The third-order valence-electron chi connectivity index (χ3n) is 3.94. The van der Waals surface area contributed by atoms with Crippen LogP contribution in [-0.2, 0) is 7.05 Å². The van der Waals surface area contributed by atoms with Crippen molar-refractivity contribution in [2.75, 3.05) is 6.54 Å². The van der Waals surface area contributed by atoms with E-state index >= 15 is 0 Å². The van der Waals surface area contributed by atoms with Gasteiger partial charge in [-0.05, 0) is 25.2 Å². The first kappa shape index (κ1) is 13.5. The maximum absolute atomic E-state index is 5.90. The smallest absolute Gasteiger partial charge is 0.154 e. The monoisotopic (exact) mass is 250 g/mol. The van der Waals surface area contributed by atoms with Crippen LogP contribution in [0.25, 0.3) is 0 Å². The highest BCUT2D eigenvalue weighted by Crippen LogP contribution is 2.33. The van der Waals surface area contributed by atoms with Gasteiger partial charge in [0.15, 0.2) is 5.82 Å². The predicted molar refractivity (Wildman–Crippen MR) is 73.5 cm³/mol. The highest BCUT2D eigenvalue weighted by molar-refractivity contribution is 5.05. The molecule has 4 nitrogen and oxygen atoms in total. The minimum atomic E-state index is 0.345. The average Bonchev–Trinajstić information content (AvgIpc) is 2.94. The zero-order valence-electron chi connectivity index (χ0n) is 11.9. The van der Waals surface area contributed by atoms with Gasteiger partial charge in [0, 0.05) is 25.4 Å². The third kappa shape index (κ3) is 2.91. The largest absolute Gasteiger partial charge is 0.330 e. The quantitative estimate of drug-likeness (QED) is 0.873. The maximum Gasteiger partial charge on any atom is 0.154 e. The first-order chi connectivity index (χ1) is 8.61. The summed E-state index contributed by atoms with van der Waals surface area (Å²) in [4.78, 5) is 4.79. The van der Waals surface area contributed by atoms with Gasteiger partial charge in [0.05, 0.1) is 0 Å². The Morgan fingerprint density at radius 1 is 1.33 bits per heavy atom. The standard InChI is InChI=1S/C14H26N4/c1-10(2)8-12(9-15)14-16-13(17-18(14)3)11-6-4-5-7-11/h10-12H,4-9,15H2,1-3H3. The highest BCUT2D eigenvalue weighted by Gasteiger charge is 2.24. The van der Waals surface area contributed by atoms with E-state index in [0.29, 0.717) is 24.3 Å². The molecule has 1 atom stereocenters. The number of hydrogen-bond donors (Lipinski definition) is 1. The van der Waals surface area contributed by atoms with Gasteiger partial charge >= 0.3 is 0 Å². The van der Waals surface area contributed by atoms with E-state index in [-0.39, 0.29) is 0 Å². The number of hydrogen-bond acceptors (Lipinski definition) is 3. The summed E-state index contributed by atoms with van der Waals surface area (Å²) in [7, 11) is 2.00. The Kier molecular flexibility index (Phi) is 4.38. The van der Waals surface area contributed by atoms with Gasteiger partial charge in [-0.2, -0.15) is 5.10 Å². The summed E-state index contributed by atoms with van der Waals surface area (Å²) in [6.45, 7) is 5.13. The Morgan fingerprint density at radius 3 is 2.56 bits per heavy atom. The second-order valence-electron chi connectivity index (χ2n) is 6.00. The van der Waals surface area contributed by atoms with Crippen LogP contribution in [-0.4, -0.2) is 21.3 Å². The van der Waals surface area contributed by atoms with Crippen molar-refractivity contribution in [1.82, 2.24) is 14.8 Å². The molecule has 0 saturated heterocycles. The van der Waals surface area contributed by atoms with E-state index in [1.54, 1.807) is 0 Å². The zero-order chi connectivity index (χ0) is 13.1. The molecular formula is C14H26N4. The first-order valence-corrected chi connectivity index (χ1v) is 7.22. The van der Waals surface area contributed by atoms with Crippen LogP contribution in [0, 0.1) is 5.92 Å². The van der Waals surface area contributed by atoms with Crippen molar-refractivity contribution in [2.45, 2.75) is 57.8 Å². The van der Waals surface area contributed by atoms with E-state index < -0.39 is 0 Å². The Hall–Kier alpha value is -0.900. The zero-order valence-corrected chi connectivity index (χ0v) is 11.9. The summed E-state index contributed by atoms with van der Waals surface area (Å²) < 4.78 is 1.95. The fourth-order valence-electron chi connectivity index (χ4n) is 3.01. The highest BCUT2D eigenvalue weighted by atomic mass is 15.3. The summed E-state index contributed by atoms with van der Waals surface area (Å²) in [6, 6.07) is 0. The van der Waals surface area contributed by atoms with Crippen LogP contribution >= 0.6 is 0 Å². The van der Waals surface area contributed by atoms with Gasteiger partial charge in [-0.3, -0.25) is 4.68 Å². The van der Waals surface area contributed by atoms with Gasteiger partial charge in [0.2, 0.25) is 0 Å². The van der Waals surface area contributed by atoms with E-state index in [1.807, 2.05) is 11.7 Å². The van der Waals surface area contributed by atoms with Crippen LogP contribution in [0.15, 0.2) is 0 Å². The first-order valence-electron chi connectivity index (χ1n) is 7.22. The summed E-state index contributed by atoms with van der Waals surface area (Å²) in [5, 5.41) is 4.62. The molecule has 0 spiro atoms. The van der Waals surface area contributed by atoms with Crippen LogP contribution in [0.1, 0.15) is 69.4 Å². The molecule has 1 fully saturated rings. The molecule has 102 valence electrons. The topological polar surface area (TPSA) is 56.7 Å².